The number of non-ortho nitro benzene ring substituents is 1. The third-order valence-corrected chi connectivity index (χ3v) is 6.33. The van der Waals surface area contributed by atoms with Crippen molar-refractivity contribution in [2.24, 2.45) is 5.73 Å². The molecule has 2 aromatic heterocycles. The SMILES string of the molecule is CC[C@]1(OC(=O)CCN)C(=O)OCc2c1cc1n(c2=O)Cc2cc3c([N+](=O)[O-])cccc3nc2-1. The van der Waals surface area contributed by atoms with Crippen molar-refractivity contribution in [3.05, 3.63) is 67.5 Å². The maximum atomic E-state index is 13.4. The topological polar surface area (TPSA) is 157 Å². The van der Waals surface area contributed by atoms with Crippen LogP contribution in [0.2, 0.25) is 0 Å². The number of hydrogen-bond donors (Lipinski definition) is 1. The van der Waals surface area contributed by atoms with Crippen molar-refractivity contribution in [1.29, 1.82) is 0 Å². The van der Waals surface area contributed by atoms with E-state index in [9.17, 15) is 24.5 Å². The Kier molecular flexibility index (Phi) is 4.94. The monoisotopic (exact) mass is 464 g/mol. The molecule has 0 fully saturated rings. The number of carbonyl (C=O) groups excluding carboxylic acids is 2. The normalized spacial score (nSPS) is 18.1. The molecule has 11 heteroatoms. The maximum Gasteiger partial charge on any atom is 0.355 e. The smallest absolute Gasteiger partial charge is 0.355 e. The molecule has 0 amide bonds. The van der Waals surface area contributed by atoms with Crippen molar-refractivity contribution in [1.82, 2.24) is 9.55 Å². The molecule has 0 saturated heterocycles. The van der Waals surface area contributed by atoms with Crippen LogP contribution < -0.4 is 11.3 Å². The fourth-order valence-electron chi connectivity index (χ4n) is 4.67. The van der Waals surface area contributed by atoms with Gasteiger partial charge >= 0.3 is 11.9 Å². The van der Waals surface area contributed by atoms with Crippen LogP contribution in [0.5, 0.6) is 0 Å². The van der Waals surface area contributed by atoms with Crippen LogP contribution in [0.25, 0.3) is 22.3 Å². The van der Waals surface area contributed by atoms with Gasteiger partial charge in [-0.2, -0.15) is 0 Å². The molecule has 1 aromatic carbocycles. The van der Waals surface area contributed by atoms with Crippen LogP contribution in [0.3, 0.4) is 0 Å². The van der Waals surface area contributed by atoms with Crippen LogP contribution >= 0.6 is 0 Å². The second kappa shape index (κ2) is 7.73. The van der Waals surface area contributed by atoms with Gasteiger partial charge in [0.1, 0.15) is 6.61 Å². The molecule has 5 rings (SSSR count). The van der Waals surface area contributed by atoms with E-state index in [0.29, 0.717) is 27.9 Å². The Labute approximate surface area is 192 Å². The van der Waals surface area contributed by atoms with Gasteiger partial charge in [0.2, 0.25) is 5.60 Å². The third-order valence-electron chi connectivity index (χ3n) is 6.33. The minimum Gasteiger partial charge on any atom is -0.457 e. The van der Waals surface area contributed by atoms with Gasteiger partial charge in [0.25, 0.3) is 11.2 Å². The number of fused-ring (bicyclic) bond motifs is 5. The Morgan fingerprint density at radius 2 is 2.15 bits per heavy atom. The zero-order valence-corrected chi connectivity index (χ0v) is 18.2. The largest absolute Gasteiger partial charge is 0.457 e. The summed E-state index contributed by atoms with van der Waals surface area (Å²) >= 11 is 0. The number of aromatic nitrogens is 2. The van der Waals surface area contributed by atoms with Crippen molar-refractivity contribution < 1.29 is 24.0 Å². The highest BCUT2D eigenvalue weighted by Gasteiger charge is 2.50. The predicted molar refractivity (Wildman–Crippen MR) is 119 cm³/mol. The molecule has 0 radical (unpaired) electrons. The number of cyclic esters (lactones) is 1. The number of nitro groups is 1. The van der Waals surface area contributed by atoms with E-state index in [0.717, 1.165) is 0 Å². The molecule has 3 aromatic rings. The van der Waals surface area contributed by atoms with Crippen molar-refractivity contribution in [2.75, 3.05) is 6.54 Å². The number of pyridine rings is 2. The average molecular weight is 464 g/mol. The lowest BCUT2D eigenvalue weighted by atomic mass is 9.85. The van der Waals surface area contributed by atoms with Crippen LogP contribution in [-0.4, -0.2) is 33.0 Å². The van der Waals surface area contributed by atoms with Gasteiger partial charge in [0.05, 0.1) is 45.7 Å². The van der Waals surface area contributed by atoms with E-state index in [2.05, 4.69) is 4.98 Å². The quantitative estimate of drug-likeness (QED) is 0.264. The number of carbonyl (C=O) groups is 2. The van der Waals surface area contributed by atoms with Crippen molar-refractivity contribution in [2.45, 2.75) is 38.5 Å². The van der Waals surface area contributed by atoms with E-state index >= 15 is 0 Å². The minimum atomic E-state index is -1.77. The second-order valence-corrected chi connectivity index (χ2v) is 8.18. The number of nitro benzene ring substituents is 1. The first-order chi connectivity index (χ1) is 16.3. The minimum absolute atomic E-state index is 0.0455. The summed E-state index contributed by atoms with van der Waals surface area (Å²) < 4.78 is 12.3. The van der Waals surface area contributed by atoms with E-state index in [1.165, 1.54) is 10.6 Å². The first kappa shape index (κ1) is 21.7. The van der Waals surface area contributed by atoms with E-state index < -0.39 is 28.0 Å². The van der Waals surface area contributed by atoms with Crippen LogP contribution in [0.15, 0.2) is 35.1 Å². The highest BCUT2D eigenvalue weighted by atomic mass is 16.6. The predicted octanol–water partition coefficient (Wildman–Crippen LogP) is 1.89. The molecule has 0 saturated carbocycles. The number of nitrogens with two attached hydrogens (primary N) is 1. The summed E-state index contributed by atoms with van der Waals surface area (Å²) in [5.74, 6) is -1.43. The van der Waals surface area contributed by atoms with Crippen molar-refractivity contribution in [3.8, 4) is 11.4 Å². The van der Waals surface area contributed by atoms with Gasteiger partial charge in [0.15, 0.2) is 0 Å². The molecule has 1 atom stereocenters. The van der Waals surface area contributed by atoms with Gasteiger partial charge in [0, 0.05) is 23.7 Å². The summed E-state index contributed by atoms with van der Waals surface area (Å²) in [6, 6.07) is 7.90. The summed E-state index contributed by atoms with van der Waals surface area (Å²) in [6.07, 6.45) is -0.0360. The van der Waals surface area contributed by atoms with E-state index in [-0.39, 0.29) is 49.4 Å². The van der Waals surface area contributed by atoms with Crippen LogP contribution in [0.1, 0.15) is 36.5 Å². The number of rotatable bonds is 5. The molecule has 11 nitrogen and oxygen atoms in total. The van der Waals surface area contributed by atoms with Gasteiger partial charge in [-0.05, 0) is 24.6 Å². The van der Waals surface area contributed by atoms with E-state index in [1.54, 1.807) is 31.2 Å². The van der Waals surface area contributed by atoms with Crippen LogP contribution in [0, 0.1) is 10.1 Å². The molecule has 2 N–H and O–H groups in total. The molecule has 2 aliphatic heterocycles. The van der Waals surface area contributed by atoms with E-state index in [1.807, 2.05) is 0 Å². The van der Waals surface area contributed by atoms with Crippen molar-refractivity contribution >= 4 is 28.5 Å². The van der Waals surface area contributed by atoms with Gasteiger partial charge in [-0.3, -0.25) is 19.7 Å². The van der Waals surface area contributed by atoms with Crippen LogP contribution in [-0.2, 0) is 37.8 Å². The van der Waals surface area contributed by atoms with Crippen molar-refractivity contribution in [3.63, 3.8) is 0 Å². The molecular weight excluding hydrogens is 444 g/mol. The van der Waals surface area contributed by atoms with Gasteiger partial charge in [-0.15, -0.1) is 0 Å². The highest BCUT2D eigenvalue weighted by Crippen LogP contribution is 2.41. The zero-order chi connectivity index (χ0) is 24.2. The van der Waals surface area contributed by atoms with Gasteiger partial charge in [-0.1, -0.05) is 13.0 Å². The lowest BCUT2D eigenvalue weighted by molar-refractivity contribution is -0.383. The summed E-state index contributed by atoms with van der Waals surface area (Å²) in [5.41, 5.74) is 5.64. The third kappa shape index (κ3) is 3.00. The highest BCUT2D eigenvalue weighted by molar-refractivity contribution is 5.92. The zero-order valence-electron chi connectivity index (χ0n) is 18.2. The first-order valence-electron chi connectivity index (χ1n) is 10.7. The first-order valence-corrected chi connectivity index (χ1v) is 10.7. The molecule has 0 unspecified atom stereocenters. The number of ether oxygens (including phenoxy) is 2. The summed E-state index contributed by atoms with van der Waals surface area (Å²) in [6.45, 7) is 1.62. The Morgan fingerprint density at radius 3 is 2.85 bits per heavy atom. The maximum absolute atomic E-state index is 13.4. The second-order valence-electron chi connectivity index (χ2n) is 8.18. The molecule has 4 heterocycles. The number of hydrogen-bond acceptors (Lipinski definition) is 9. The molecule has 0 spiro atoms. The van der Waals surface area contributed by atoms with E-state index in [4.69, 9.17) is 15.2 Å². The fourth-order valence-corrected chi connectivity index (χ4v) is 4.67. The lowest BCUT2D eigenvalue weighted by Gasteiger charge is -2.35. The average Bonchev–Trinajstić information content (AvgIpc) is 3.17. The fraction of sp³-hybridized carbons (Fsp3) is 0.304. The number of benzene rings is 1. The molecule has 0 bridgehead atoms. The van der Waals surface area contributed by atoms with Crippen LogP contribution in [0.4, 0.5) is 5.69 Å². The molecule has 34 heavy (non-hydrogen) atoms. The Morgan fingerprint density at radius 1 is 1.35 bits per heavy atom. The van der Waals surface area contributed by atoms with Gasteiger partial charge in [-0.25, -0.2) is 9.78 Å². The molecule has 174 valence electrons. The molecule has 2 aliphatic rings. The number of nitrogens with zero attached hydrogens (tertiary/aromatic N) is 3. The summed E-state index contributed by atoms with van der Waals surface area (Å²) in [7, 11) is 0. The Balaban J connectivity index is 1.73. The Hall–Kier alpha value is -4.12. The standard InChI is InChI=1S/C23H20N4O7/c1-2-23(34-19(28)6-7-24)15-9-18-20-12(10-26(18)21(29)14(15)11-33-22(23)30)8-13-16(25-20)4-3-5-17(13)27(31)32/h3-5,8-9H,2,6-7,10-11,24H2,1H3/t23-/m1/s1. The summed E-state index contributed by atoms with van der Waals surface area (Å²) in [4.78, 5) is 54.2. The Bertz CT molecular complexity index is 1460. The number of esters is 2. The molecule has 0 aliphatic carbocycles. The molecular formula is C23H20N4O7. The summed E-state index contributed by atoms with van der Waals surface area (Å²) in [5, 5.41) is 11.8. The van der Waals surface area contributed by atoms with Gasteiger partial charge < -0.3 is 19.8 Å². The lowest BCUT2D eigenvalue weighted by Crippen LogP contribution is -2.47.